The minimum absolute atomic E-state index is 0.0369. The molecule has 0 aliphatic carbocycles. The molecule has 1 aliphatic heterocycles. The summed E-state index contributed by atoms with van der Waals surface area (Å²) in [5.74, 6) is 0.0585. The van der Waals surface area contributed by atoms with Gasteiger partial charge in [-0.15, -0.1) is 0 Å². The second-order valence-electron chi connectivity index (χ2n) is 8.21. The molecule has 32 heavy (non-hydrogen) atoms. The summed E-state index contributed by atoms with van der Waals surface area (Å²) in [6, 6.07) is 16.8. The molecule has 1 N–H and O–H groups in total. The number of aliphatic carboxylic acids is 1. The number of carboxylic acid groups (broad SMARTS) is 1. The Labute approximate surface area is 187 Å². The number of para-hydroxylation sites is 1. The molecular formula is C25H28N2O5. The Morgan fingerprint density at radius 2 is 1.91 bits per heavy atom. The lowest BCUT2D eigenvalue weighted by Crippen LogP contribution is -2.39. The van der Waals surface area contributed by atoms with Gasteiger partial charge < -0.3 is 24.1 Å². The first-order chi connectivity index (χ1) is 15.5. The van der Waals surface area contributed by atoms with E-state index in [-0.39, 0.29) is 18.4 Å². The van der Waals surface area contributed by atoms with Crippen molar-refractivity contribution in [3.8, 4) is 5.75 Å². The van der Waals surface area contributed by atoms with E-state index in [9.17, 15) is 9.59 Å². The van der Waals surface area contributed by atoms with Crippen LogP contribution in [0.4, 0.5) is 0 Å². The fourth-order valence-electron chi connectivity index (χ4n) is 4.19. The van der Waals surface area contributed by atoms with Gasteiger partial charge in [-0.2, -0.15) is 0 Å². The maximum absolute atomic E-state index is 13.2. The summed E-state index contributed by atoms with van der Waals surface area (Å²) in [6.07, 6.45) is 2.49. The number of hydrogen-bond donors (Lipinski definition) is 1. The predicted molar refractivity (Wildman–Crippen MR) is 121 cm³/mol. The number of fused-ring (bicyclic) bond motifs is 1. The van der Waals surface area contributed by atoms with Crippen LogP contribution in [0.5, 0.6) is 5.75 Å². The third kappa shape index (κ3) is 5.29. The minimum Gasteiger partial charge on any atom is -0.482 e. The van der Waals surface area contributed by atoms with Crippen LogP contribution in [0.25, 0.3) is 11.0 Å². The van der Waals surface area contributed by atoms with Crippen molar-refractivity contribution in [2.24, 2.45) is 0 Å². The van der Waals surface area contributed by atoms with Gasteiger partial charge in [-0.1, -0.05) is 30.3 Å². The van der Waals surface area contributed by atoms with Crippen molar-refractivity contribution in [1.82, 2.24) is 9.80 Å². The molecule has 0 radical (unpaired) electrons. The van der Waals surface area contributed by atoms with E-state index >= 15 is 0 Å². The zero-order valence-corrected chi connectivity index (χ0v) is 18.2. The third-order valence-electron chi connectivity index (χ3n) is 5.90. The smallest absolute Gasteiger partial charge is 0.341 e. The number of carboxylic acids is 1. The van der Waals surface area contributed by atoms with Crippen molar-refractivity contribution in [3.63, 3.8) is 0 Å². The Bertz CT molecular complexity index is 1050. The van der Waals surface area contributed by atoms with Gasteiger partial charge in [0.2, 0.25) is 5.91 Å². The molecule has 1 fully saturated rings. The van der Waals surface area contributed by atoms with Crippen molar-refractivity contribution in [2.45, 2.75) is 25.3 Å². The number of carbonyl (C=O) groups is 2. The second-order valence-corrected chi connectivity index (χ2v) is 8.21. The van der Waals surface area contributed by atoms with Crippen molar-refractivity contribution in [2.75, 3.05) is 33.3 Å². The lowest BCUT2D eigenvalue weighted by Gasteiger charge is -2.32. The van der Waals surface area contributed by atoms with E-state index in [1.54, 1.807) is 11.0 Å². The minimum atomic E-state index is -1.03. The normalized spacial score (nSPS) is 15.0. The Morgan fingerprint density at radius 3 is 2.66 bits per heavy atom. The van der Waals surface area contributed by atoms with Crippen LogP contribution in [0.3, 0.4) is 0 Å². The summed E-state index contributed by atoms with van der Waals surface area (Å²) in [5, 5.41) is 9.88. The highest BCUT2D eigenvalue weighted by atomic mass is 16.5. The van der Waals surface area contributed by atoms with Gasteiger partial charge in [0.15, 0.2) is 6.61 Å². The average molecular weight is 437 g/mol. The molecule has 2 aromatic carbocycles. The zero-order valence-electron chi connectivity index (χ0n) is 18.2. The molecule has 7 nitrogen and oxygen atoms in total. The van der Waals surface area contributed by atoms with Gasteiger partial charge in [-0.05, 0) is 55.8 Å². The summed E-state index contributed by atoms with van der Waals surface area (Å²) >= 11 is 0. The number of furan rings is 1. The van der Waals surface area contributed by atoms with Gasteiger partial charge in [0, 0.05) is 19.0 Å². The number of likely N-dealkylation sites (N-methyl/N-ethyl adjacent to an activating group) is 1. The molecule has 4 rings (SSSR count). The quantitative estimate of drug-likeness (QED) is 0.550. The summed E-state index contributed by atoms with van der Waals surface area (Å²) in [4.78, 5) is 28.2. The Balaban J connectivity index is 1.54. The van der Waals surface area contributed by atoms with Crippen LogP contribution in [0, 0.1) is 0 Å². The molecule has 0 saturated carbocycles. The number of carbonyl (C=O) groups excluding carboxylic acids is 1. The number of likely N-dealkylation sites (tertiary alicyclic amines) is 1. The molecule has 1 unspecified atom stereocenters. The molecule has 1 saturated heterocycles. The Morgan fingerprint density at radius 1 is 1.12 bits per heavy atom. The van der Waals surface area contributed by atoms with Gasteiger partial charge >= 0.3 is 5.97 Å². The molecular weight excluding hydrogens is 408 g/mol. The van der Waals surface area contributed by atoms with Crippen LogP contribution < -0.4 is 4.74 Å². The van der Waals surface area contributed by atoms with E-state index in [1.165, 1.54) is 0 Å². The van der Waals surface area contributed by atoms with Gasteiger partial charge in [0.1, 0.15) is 17.1 Å². The van der Waals surface area contributed by atoms with Crippen LogP contribution in [0.1, 0.15) is 30.2 Å². The van der Waals surface area contributed by atoms with Gasteiger partial charge in [0.25, 0.3) is 0 Å². The first-order valence-corrected chi connectivity index (χ1v) is 10.9. The van der Waals surface area contributed by atoms with E-state index in [0.717, 1.165) is 42.5 Å². The van der Waals surface area contributed by atoms with Crippen LogP contribution in [-0.4, -0.2) is 60.1 Å². The third-order valence-corrected chi connectivity index (χ3v) is 5.90. The van der Waals surface area contributed by atoms with Crippen molar-refractivity contribution >= 4 is 22.8 Å². The van der Waals surface area contributed by atoms with Crippen molar-refractivity contribution in [3.05, 3.63) is 65.9 Å². The first-order valence-electron chi connectivity index (χ1n) is 10.9. The SMILES string of the molecule is CN(C(=O)Cc1cc2ccccc2o1)C(CN1CCCC1)c1cccc(OCC(=O)O)c1. The van der Waals surface area contributed by atoms with Crippen LogP contribution in [-0.2, 0) is 16.0 Å². The molecule has 0 bridgehead atoms. The Hall–Kier alpha value is -3.32. The molecule has 1 aromatic heterocycles. The predicted octanol–water partition coefficient (Wildman–Crippen LogP) is 3.73. The number of benzene rings is 2. The van der Waals surface area contributed by atoms with E-state index in [1.807, 2.05) is 55.6 Å². The van der Waals surface area contributed by atoms with Crippen LogP contribution in [0.2, 0.25) is 0 Å². The fourth-order valence-corrected chi connectivity index (χ4v) is 4.19. The number of ether oxygens (including phenoxy) is 1. The second kappa shape index (κ2) is 9.87. The first kappa shape index (κ1) is 21.9. The highest BCUT2D eigenvalue weighted by molar-refractivity contribution is 5.82. The maximum atomic E-state index is 13.2. The lowest BCUT2D eigenvalue weighted by atomic mass is 10.0. The standard InChI is InChI=1S/C25H28N2O5/c1-26(24(28)15-21-14-19-7-2-3-10-23(19)32-21)22(16-27-11-4-5-12-27)18-8-6-9-20(13-18)31-17-25(29)30/h2-3,6-10,13-14,22H,4-5,11-12,15-17H2,1H3,(H,29,30). The molecule has 1 atom stereocenters. The van der Waals surface area contributed by atoms with Crippen molar-refractivity contribution in [1.29, 1.82) is 0 Å². The zero-order chi connectivity index (χ0) is 22.5. The number of nitrogens with zero attached hydrogens (tertiary/aromatic N) is 2. The maximum Gasteiger partial charge on any atom is 0.341 e. The largest absolute Gasteiger partial charge is 0.482 e. The van der Waals surface area contributed by atoms with Crippen LogP contribution >= 0.6 is 0 Å². The summed E-state index contributed by atoms with van der Waals surface area (Å²) in [5.41, 5.74) is 1.69. The van der Waals surface area contributed by atoms with Gasteiger partial charge in [-0.25, -0.2) is 4.79 Å². The van der Waals surface area contributed by atoms with Gasteiger partial charge in [0.05, 0.1) is 12.5 Å². The molecule has 2 heterocycles. The highest BCUT2D eigenvalue weighted by Gasteiger charge is 2.26. The van der Waals surface area contributed by atoms with Crippen molar-refractivity contribution < 1.29 is 23.8 Å². The molecule has 0 spiro atoms. The van der Waals surface area contributed by atoms with Gasteiger partial charge in [-0.3, -0.25) is 4.79 Å². The Kier molecular flexibility index (Phi) is 6.75. The van der Waals surface area contributed by atoms with Crippen LogP contribution in [0.15, 0.2) is 59.0 Å². The number of rotatable bonds is 9. The average Bonchev–Trinajstić information content (AvgIpc) is 3.45. The number of amides is 1. The monoisotopic (exact) mass is 436 g/mol. The highest BCUT2D eigenvalue weighted by Crippen LogP contribution is 2.27. The van der Waals surface area contributed by atoms with E-state index in [4.69, 9.17) is 14.3 Å². The topological polar surface area (TPSA) is 83.2 Å². The molecule has 7 heteroatoms. The van der Waals surface area contributed by atoms with E-state index in [2.05, 4.69) is 4.90 Å². The number of hydrogen-bond acceptors (Lipinski definition) is 5. The molecule has 168 valence electrons. The summed E-state index contributed by atoms with van der Waals surface area (Å²) in [7, 11) is 1.82. The molecule has 3 aromatic rings. The fraction of sp³-hybridized carbons (Fsp3) is 0.360. The lowest BCUT2D eigenvalue weighted by molar-refractivity contribution is -0.139. The summed E-state index contributed by atoms with van der Waals surface area (Å²) < 4.78 is 11.2. The molecule has 1 aliphatic rings. The summed E-state index contributed by atoms with van der Waals surface area (Å²) in [6.45, 7) is 2.33. The van der Waals surface area contributed by atoms with E-state index in [0.29, 0.717) is 18.1 Å². The molecule has 1 amide bonds. The van der Waals surface area contributed by atoms with E-state index < -0.39 is 12.6 Å².